The third kappa shape index (κ3) is 3.82. The molecule has 6 aromatic rings. The fourth-order valence-electron chi connectivity index (χ4n) is 5.52. The van der Waals surface area contributed by atoms with Gasteiger partial charge in [-0.3, -0.25) is 19.0 Å². The Morgan fingerprint density at radius 2 is 1.85 bits per heavy atom. The first-order valence-electron chi connectivity index (χ1n) is 13.0. The Kier molecular flexibility index (Phi) is 5.70. The molecule has 4 heterocycles. The second kappa shape index (κ2) is 9.44. The lowest BCUT2D eigenvalue weighted by Gasteiger charge is -2.15. The van der Waals surface area contributed by atoms with Crippen LogP contribution in [0.2, 0.25) is 0 Å². The Hall–Kier alpha value is -5.25. The molecule has 1 amide bonds. The van der Waals surface area contributed by atoms with E-state index in [-0.39, 0.29) is 18.3 Å². The number of pyridine rings is 2. The van der Waals surface area contributed by atoms with E-state index < -0.39 is 6.10 Å². The molecule has 1 aliphatic heterocycles. The average Bonchev–Trinajstić information content (AvgIpc) is 3.60. The fraction of sp³-hybridized carbons (Fsp3) is 0.194. The minimum Gasteiger partial charge on any atom is -0.493 e. The van der Waals surface area contributed by atoms with E-state index in [1.807, 2.05) is 42.5 Å². The van der Waals surface area contributed by atoms with Crippen molar-refractivity contribution in [3.63, 3.8) is 0 Å². The van der Waals surface area contributed by atoms with Gasteiger partial charge in [0.2, 0.25) is 6.79 Å². The highest BCUT2D eigenvalue weighted by atomic mass is 16.7. The van der Waals surface area contributed by atoms with Gasteiger partial charge >= 0.3 is 0 Å². The largest absolute Gasteiger partial charge is 0.493 e. The molecule has 3 aromatic carbocycles. The maximum absolute atomic E-state index is 13.9. The van der Waals surface area contributed by atoms with E-state index in [0.717, 1.165) is 16.3 Å². The number of ether oxygens (including phenoxy) is 5. The second-order valence-electron chi connectivity index (χ2n) is 9.76. The van der Waals surface area contributed by atoms with E-state index in [4.69, 9.17) is 23.7 Å². The Labute approximate surface area is 233 Å². The quantitative estimate of drug-likeness (QED) is 0.291. The van der Waals surface area contributed by atoms with E-state index >= 15 is 0 Å². The Bertz CT molecular complexity index is 2050. The number of aromatic nitrogens is 2. The predicted molar refractivity (Wildman–Crippen MR) is 153 cm³/mol. The van der Waals surface area contributed by atoms with Gasteiger partial charge in [-0.25, -0.2) is 0 Å². The van der Waals surface area contributed by atoms with E-state index in [9.17, 15) is 9.59 Å². The third-order valence-electron chi connectivity index (χ3n) is 7.45. The van der Waals surface area contributed by atoms with Gasteiger partial charge in [0, 0.05) is 28.9 Å². The number of nitrogens with one attached hydrogen (secondary N) is 1. The Morgan fingerprint density at radius 3 is 2.68 bits per heavy atom. The van der Waals surface area contributed by atoms with Gasteiger partial charge in [0.25, 0.3) is 11.5 Å². The van der Waals surface area contributed by atoms with E-state index in [2.05, 4.69) is 10.3 Å². The summed E-state index contributed by atoms with van der Waals surface area (Å²) in [6, 6.07) is 16.4. The van der Waals surface area contributed by atoms with Crippen LogP contribution in [-0.4, -0.2) is 42.4 Å². The van der Waals surface area contributed by atoms with Crippen molar-refractivity contribution in [1.29, 1.82) is 0 Å². The van der Waals surface area contributed by atoms with Gasteiger partial charge in [-0.2, -0.15) is 0 Å². The minimum absolute atomic E-state index is 0.195. The normalized spacial score (nSPS) is 13.2. The van der Waals surface area contributed by atoms with Crippen molar-refractivity contribution in [2.75, 3.05) is 21.0 Å². The van der Waals surface area contributed by atoms with Crippen LogP contribution < -0.4 is 34.6 Å². The fourth-order valence-corrected chi connectivity index (χ4v) is 5.52. The first-order chi connectivity index (χ1) is 20.0. The Balaban J connectivity index is 1.23. The lowest BCUT2D eigenvalue weighted by Crippen LogP contribution is -2.35. The summed E-state index contributed by atoms with van der Waals surface area (Å²) < 4.78 is 29.5. The molecule has 0 aliphatic carbocycles. The molecule has 0 saturated carbocycles. The van der Waals surface area contributed by atoms with Crippen molar-refractivity contribution in [3.8, 4) is 28.7 Å². The standard InChI is InChI=1S/C31H25N3O7/c1-16(30(35)33-14-17-4-8-23-25(12-17)40-15-39-23)41-18-5-7-22-21(13-18)19-10-11-32-27-20-6-9-24(37-2)29(38-3)26(20)31(36)34(22)28(19)27/h4-13,16H,14-15H2,1-3H3,(H,33,35). The molecule has 1 atom stereocenters. The third-order valence-corrected chi connectivity index (χ3v) is 7.45. The summed E-state index contributed by atoms with van der Waals surface area (Å²) in [5.41, 5.74) is 2.73. The molecule has 0 radical (unpaired) electrons. The summed E-state index contributed by atoms with van der Waals surface area (Å²) in [6.07, 6.45) is 0.961. The predicted octanol–water partition coefficient (Wildman–Crippen LogP) is 4.42. The van der Waals surface area contributed by atoms with Crippen molar-refractivity contribution >= 4 is 44.0 Å². The molecule has 1 unspecified atom stereocenters. The molecular weight excluding hydrogens is 526 g/mol. The summed E-state index contributed by atoms with van der Waals surface area (Å²) in [4.78, 5) is 31.4. The summed E-state index contributed by atoms with van der Waals surface area (Å²) in [5, 5.41) is 5.63. The number of carbonyl (C=O) groups excluding carboxylic acids is 1. The van der Waals surface area contributed by atoms with Crippen LogP contribution in [0.4, 0.5) is 0 Å². The topological polar surface area (TPSA) is 110 Å². The number of rotatable bonds is 7. The highest BCUT2D eigenvalue weighted by Crippen LogP contribution is 2.39. The molecule has 0 bridgehead atoms. The first-order valence-corrected chi connectivity index (χ1v) is 13.0. The highest BCUT2D eigenvalue weighted by Gasteiger charge is 2.23. The van der Waals surface area contributed by atoms with Gasteiger partial charge in [-0.1, -0.05) is 6.07 Å². The van der Waals surface area contributed by atoms with Crippen molar-refractivity contribution in [3.05, 3.63) is 76.7 Å². The molecular formula is C31H25N3O7. The van der Waals surface area contributed by atoms with E-state index in [1.54, 1.807) is 29.7 Å². The number of benzene rings is 3. The van der Waals surface area contributed by atoms with Gasteiger partial charge in [0.15, 0.2) is 29.1 Å². The number of amides is 1. The highest BCUT2D eigenvalue weighted by molar-refractivity contribution is 6.19. The molecule has 0 spiro atoms. The molecule has 41 heavy (non-hydrogen) atoms. The van der Waals surface area contributed by atoms with Gasteiger partial charge < -0.3 is 29.0 Å². The van der Waals surface area contributed by atoms with Gasteiger partial charge in [-0.05, 0) is 61.0 Å². The summed E-state index contributed by atoms with van der Waals surface area (Å²) >= 11 is 0. The SMILES string of the molecule is COc1ccc2c(c1OC)c(=O)n1c3ccc(OC(C)C(=O)NCc4ccc5c(c4)OCO5)cc3c3ccnc2c31. The maximum atomic E-state index is 13.9. The summed E-state index contributed by atoms with van der Waals surface area (Å²) in [7, 11) is 3.05. The van der Waals surface area contributed by atoms with Crippen molar-refractivity contribution in [2.45, 2.75) is 19.6 Å². The van der Waals surface area contributed by atoms with Crippen LogP contribution in [0, 0.1) is 0 Å². The number of carbonyl (C=O) groups is 1. The van der Waals surface area contributed by atoms with Crippen LogP contribution in [0.3, 0.4) is 0 Å². The number of hydrogen-bond donors (Lipinski definition) is 1. The molecule has 0 fully saturated rings. The molecule has 206 valence electrons. The molecule has 10 nitrogen and oxygen atoms in total. The molecule has 1 aliphatic rings. The molecule has 0 saturated heterocycles. The van der Waals surface area contributed by atoms with Crippen molar-refractivity contribution < 1.29 is 28.5 Å². The summed E-state index contributed by atoms with van der Waals surface area (Å²) in [6.45, 7) is 2.21. The average molecular weight is 552 g/mol. The van der Waals surface area contributed by atoms with E-state index in [0.29, 0.717) is 62.6 Å². The van der Waals surface area contributed by atoms with Crippen molar-refractivity contribution in [2.24, 2.45) is 0 Å². The lowest BCUT2D eigenvalue weighted by atomic mass is 10.1. The number of nitrogens with zero attached hydrogens (tertiary/aromatic N) is 2. The van der Waals surface area contributed by atoms with Crippen LogP contribution in [0.15, 0.2) is 65.6 Å². The van der Waals surface area contributed by atoms with Crippen LogP contribution in [-0.2, 0) is 11.3 Å². The summed E-state index contributed by atoms with van der Waals surface area (Å²) in [5.74, 6) is 2.42. The zero-order chi connectivity index (χ0) is 28.2. The van der Waals surface area contributed by atoms with Gasteiger partial charge in [-0.15, -0.1) is 0 Å². The second-order valence-corrected chi connectivity index (χ2v) is 9.76. The lowest BCUT2D eigenvalue weighted by molar-refractivity contribution is -0.127. The van der Waals surface area contributed by atoms with E-state index in [1.165, 1.54) is 14.2 Å². The van der Waals surface area contributed by atoms with Crippen LogP contribution in [0.25, 0.3) is 38.1 Å². The molecule has 10 heteroatoms. The van der Waals surface area contributed by atoms with Crippen LogP contribution >= 0.6 is 0 Å². The molecule has 3 aromatic heterocycles. The number of methoxy groups -OCH3 is 2. The first kappa shape index (κ1) is 24.8. The van der Waals surface area contributed by atoms with Gasteiger partial charge in [0.1, 0.15) is 5.75 Å². The smallest absolute Gasteiger partial charge is 0.267 e. The number of fused-ring (bicyclic) bond motifs is 6. The zero-order valence-electron chi connectivity index (χ0n) is 22.5. The van der Waals surface area contributed by atoms with Gasteiger partial charge in [0.05, 0.1) is 36.2 Å². The maximum Gasteiger partial charge on any atom is 0.267 e. The molecule has 7 rings (SSSR count). The number of hydrogen-bond acceptors (Lipinski definition) is 8. The monoisotopic (exact) mass is 551 g/mol. The zero-order valence-corrected chi connectivity index (χ0v) is 22.5. The van der Waals surface area contributed by atoms with Crippen LogP contribution in [0.1, 0.15) is 12.5 Å². The Morgan fingerprint density at radius 1 is 1.00 bits per heavy atom. The minimum atomic E-state index is -0.759. The molecule has 1 N–H and O–H groups in total. The van der Waals surface area contributed by atoms with Crippen LogP contribution in [0.5, 0.6) is 28.7 Å². The van der Waals surface area contributed by atoms with Crippen molar-refractivity contribution in [1.82, 2.24) is 14.7 Å².